The molecule has 4 aromatic carbocycles. The van der Waals surface area contributed by atoms with E-state index >= 15 is 0 Å². The minimum Gasteiger partial charge on any atom is -0.445 e. The Morgan fingerprint density at radius 1 is 0.392 bits per heavy atom. The van der Waals surface area contributed by atoms with Crippen LogP contribution in [0.3, 0.4) is 0 Å². The molecule has 2 unspecified atom stereocenters. The quantitative estimate of drug-likeness (QED) is 0.0280. The van der Waals surface area contributed by atoms with Gasteiger partial charge in [-0.15, -0.1) is 0 Å². The van der Waals surface area contributed by atoms with Gasteiger partial charge in [-0.1, -0.05) is 128 Å². The number of carbonyl (C=O) groups is 2. The molecule has 0 spiro atoms. The lowest BCUT2D eigenvalue weighted by molar-refractivity contribution is -0.329. The molecule has 10 aliphatic rings. The third-order valence-corrected chi connectivity index (χ3v) is 24.4. The number of ether oxygens (including phenoxy) is 16. The average molecular weight is 1700 g/mol. The Bertz CT molecular complexity index is 3790. The molecule has 668 valence electrons. The highest BCUT2D eigenvalue weighted by Crippen LogP contribution is 2.44. The highest BCUT2D eigenvalue weighted by atomic mass is 16.8. The number of hydrogen-bond donors (Lipinski definition) is 21. The molecule has 14 rings (SSSR count). The zero-order chi connectivity index (χ0) is 85.3. The first-order chi connectivity index (χ1) is 57.8. The summed E-state index contributed by atoms with van der Waals surface area (Å²) in [5, 5.41) is 144. The van der Waals surface area contributed by atoms with Crippen LogP contribution in [0, 0.1) is 5.92 Å². The summed E-state index contributed by atoms with van der Waals surface area (Å²) >= 11 is 0. The summed E-state index contributed by atoms with van der Waals surface area (Å²) in [5.74, 6) is -0.382. The molecular formula is C81H119N9O30. The van der Waals surface area contributed by atoms with Crippen molar-refractivity contribution in [3.8, 4) is 0 Å². The van der Waals surface area contributed by atoms with Crippen molar-refractivity contribution < 1.29 is 147 Å². The zero-order valence-electron chi connectivity index (χ0n) is 66.7. The number of carbonyl (C=O) groups excluding carboxylic acids is 2. The first-order valence-corrected chi connectivity index (χ1v) is 41.1. The molecule has 8 saturated heterocycles. The third-order valence-electron chi connectivity index (χ3n) is 24.4. The van der Waals surface area contributed by atoms with E-state index in [2.05, 4.69) is 21.3 Å². The van der Waals surface area contributed by atoms with Gasteiger partial charge in [0.1, 0.15) is 141 Å². The van der Waals surface area contributed by atoms with Crippen LogP contribution in [-0.2, 0) is 89.0 Å². The van der Waals surface area contributed by atoms with Gasteiger partial charge in [0.25, 0.3) is 0 Å². The van der Waals surface area contributed by atoms with E-state index in [4.69, 9.17) is 104 Å². The first-order valence-electron chi connectivity index (χ1n) is 41.1. The smallest absolute Gasteiger partial charge is 0.407 e. The summed E-state index contributed by atoms with van der Waals surface area (Å²) in [6.07, 6.45) is -37.2. The number of alkyl carbamates (subject to hydrolysis) is 2. The van der Waals surface area contributed by atoms with Crippen LogP contribution in [0.4, 0.5) is 9.59 Å². The number of nitrogens with one attached hydrogen (secondary N) is 4. The summed E-state index contributed by atoms with van der Waals surface area (Å²) in [4.78, 5) is 27.1. The highest BCUT2D eigenvalue weighted by Gasteiger charge is 2.60. The summed E-state index contributed by atoms with van der Waals surface area (Å²) in [7, 11) is 3.31. The first kappa shape index (κ1) is 91.8. The van der Waals surface area contributed by atoms with E-state index < -0.39 is 252 Å². The van der Waals surface area contributed by atoms with Gasteiger partial charge in [0, 0.05) is 31.2 Å². The topological polar surface area (TPSA) is 603 Å². The van der Waals surface area contributed by atoms with Crippen molar-refractivity contribution in [2.24, 2.45) is 34.6 Å². The zero-order valence-corrected chi connectivity index (χ0v) is 66.7. The fourth-order valence-corrected chi connectivity index (χ4v) is 17.6. The molecule has 120 heavy (non-hydrogen) atoms. The molecule has 0 bridgehead atoms. The van der Waals surface area contributed by atoms with Gasteiger partial charge >= 0.3 is 12.2 Å². The number of fused-ring (bicyclic) bond motifs is 2. The van der Waals surface area contributed by atoms with E-state index in [0.29, 0.717) is 32.1 Å². The lowest BCUT2D eigenvalue weighted by atomic mass is 9.80. The van der Waals surface area contributed by atoms with Crippen LogP contribution in [0.25, 0.3) is 0 Å². The maximum Gasteiger partial charge on any atom is 0.407 e. The molecule has 0 aromatic heterocycles. The van der Waals surface area contributed by atoms with Crippen LogP contribution in [0.2, 0.25) is 0 Å². The maximum atomic E-state index is 13.6. The van der Waals surface area contributed by atoms with Gasteiger partial charge in [0.05, 0.1) is 68.0 Å². The van der Waals surface area contributed by atoms with Gasteiger partial charge in [0.15, 0.2) is 37.7 Å². The second-order valence-corrected chi connectivity index (χ2v) is 32.3. The van der Waals surface area contributed by atoms with Crippen LogP contribution in [0.15, 0.2) is 121 Å². The fraction of sp³-hybridized carbons (Fsp3) is 0.679. The maximum absolute atomic E-state index is 13.6. The fourth-order valence-electron chi connectivity index (χ4n) is 17.6. The molecule has 2 amide bonds. The number of likely N-dealkylation sites (N-methyl/N-ethyl adjacent to an activating group) is 2. The number of benzene rings is 4. The molecule has 2 aliphatic carbocycles. The second kappa shape index (κ2) is 41.9. The van der Waals surface area contributed by atoms with Gasteiger partial charge in [0.2, 0.25) is 0 Å². The minimum absolute atomic E-state index is 0.0481. The Labute approximate surface area is 693 Å². The van der Waals surface area contributed by atoms with Crippen molar-refractivity contribution in [3.05, 3.63) is 144 Å². The summed E-state index contributed by atoms with van der Waals surface area (Å²) < 4.78 is 98.3. The Morgan fingerprint density at radius 3 is 1.15 bits per heavy atom. The predicted molar refractivity (Wildman–Crippen MR) is 415 cm³/mol. The lowest BCUT2D eigenvalue weighted by Crippen LogP contribution is -2.68. The summed E-state index contributed by atoms with van der Waals surface area (Å²) in [6, 6.07) is 30.6. The molecule has 10 fully saturated rings. The standard InChI is InChI=1S/C57H71N3O17.C24H48N6O13/c1-31-27-36(58-2)44(62)52(48(31)75-53-42(59-56(66)68-29-32-15-7-3-8-16-32)45(63)49-39(72-53)25-23-37(70-49)34-19-11-5-12-20-34)77-55-47(65)51(41(28-61)74-55)76-54-43(60-57(67)69-30-33-17-9-4-10-18-33)46(64)50-40(73-54)26-24-38(71-50)35-21-13-6-14-22-35;1-30-7-2-6(27)19(41-22-11(28)16(35)14(33)8(3-25)38-22)21(13(7)32)43-24-18(37)20(10(5-31)40-24)42-23-12(29)17(36)15(34)9(4-26)39-23/h3-22,31,36-55,58,61-65H,23-30H2,1-2H3,(H,59,66)(H,60,67);6-24,30-37H,2-5,25-29H2,1H3/t31-,36+,37?,38?,39+,40-,41+,42+,43+,44-,45+,46+,47+,48+,49+,50+,51+,52+,53+,54+,55-;6-,7+,8+,9-,10+,11+,12+,13-,14+,15+,16+,17+,18+,19+,20+,21+,22+,23+,24-/m00/s1. The normalized spacial score (nSPS) is 43.2. The van der Waals surface area contributed by atoms with Crippen LogP contribution in [-0.4, -0.2) is 340 Å². The number of amides is 2. The Morgan fingerprint density at radius 2 is 0.750 bits per heavy atom. The number of hydrogen-bond acceptors (Lipinski definition) is 37. The van der Waals surface area contributed by atoms with Crippen molar-refractivity contribution >= 4 is 12.2 Å². The molecule has 40 atom stereocenters. The summed E-state index contributed by atoms with van der Waals surface area (Å²) in [5.41, 5.74) is 33.1. The second-order valence-electron chi connectivity index (χ2n) is 32.3. The number of nitrogens with two attached hydrogens (primary N) is 5. The van der Waals surface area contributed by atoms with Crippen molar-refractivity contribution in [1.82, 2.24) is 21.3 Å². The van der Waals surface area contributed by atoms with E-state index in [1.54, 1.807) is 26.2 Å². The van der Waals surface area contributed by atoms with Crippen molar-refractivity contribution in [2.45, 2.75) is 297 Å². The molecular weight excluding hydrogens is 1580 g/mol. The van der Waals surface area contributed by atoms with E-state index in [-0.39, 0.29) is 50.8 Å². The van der Waals surface area contributed by atoms with E-state index in [0.717, 1.165) is 22.3 Å². The molecule has 8 heterocycles. The highest BCUT2D eigenvalue weighted by molar-refractivity contribution is 5.68. The van der Waals surface area contributed by atoms with Crippen LogP contribution in [0.5, 0.6) is 0 Å². The third kappa shape index (κ3) is 20.8. The van der Waals surface area contributed by atoms with Crippen molar-refractivity contribution in [3.63, 3.8) is 0 Å². The van der Waals surface area contributed by atoms with E-state index in [1.165, 1.54) is 0 Å². The molecule has 26 N–H and O–H groups in total. The van der Waals surface area contributed by atoms with Gasteiger partial charge in [-0.25, -0.2) is 9.59 Å². The number of aliphatic hydroxyl groups excluding tert-OH is 12. The van der Waals surface area contributed by atoms with E-state index in [9.17, 15) is 70.9 Å². The van der Waals surface area contributed by atoms with Crippen molar-refractivity contribution in [2.75, 3.05) is 40.4 Å². The van der Waals surface area contributed by atoms with Gasteiger partial charge in [-0.2, -0.15) is 0 Å². The van der Waals surface area contributed by atoms with Gasteiger partial charge in [-0.3, -0.25) is 0 Å². The van der Waals surface area contributed by atoms with E-state index in [1.807, 2.05) is 116 Å². The predicted octanol–water partition coefficient (Wildman–Crippen LogP) is -4.82. The monoisotopic (exact) mass is 1700 g/mol. The van der Waals surface area contributed by atoms with Crippen LogP contribution in [0.1, 0.15) is 79.9 Å². The largest absolute Gasteiger partial charge is 0.445 e. The molecule has 0 radical (unpaired) electrons. The Hall–Kier alpha value is -5.90. The van der Waals surface area contributed by atoms with Crippen molar-refractivity contribution in [1.29, 1.82) is 0 Å². The molecule has 8 aliphatic heterocycles. The van der Waals surface area contributed by atoms with Gasteiger partial charge in [-0.05, 0) is 80.8 Å². The molecule has 39 heteroatoms. The van der Waals surface area contributed by atoms with Crippen LogP contribution >= 0.6 is 0 Å². The SMILES string of the molecule is CN[C@@H]1C[C@H](C)[C@@H](O[C@H]2O[C@@H]3CCC(c4ccccc4)O[C@H]3[C@H](O)[C@H]2NC(=O)OCc2ccccc2)[C@H](O[C@@H]2O[C@H](CO)[C@@H](O[C@H]3O[C@H]4CCC(c5ccccc5)O[C@H]4[C@H](O)[C@H]3NC(=O)OCc3ccccc3)[C@H]2O)[C@H]1O.CN[C@@H]1C[C@H](N)[C@@H](O[C@H]2O[C@H](CN)[C@@H](O)[C@H](O)[C@H]2N)[C@H](O[C@@H]2O[C@H](CO)[C@@H](O[C@H]3O[C@@H](CN)[C@@H](O)[C@H](O)[C@H]3N)[C@H]2O)[C@H]1O. The Kier molecular flexibility index (Phi) is 32.1. The molecule has 39 nitrogen and oxygen atoms in total. The number of rotatable bonds is 26. The molecule has 2 saturated carbocycles. The van der Waals surface area contributed by atoms with Crippen LogP contribution < -0.4 is 49.9 Å². The minimum atomic E-state index is -1.65. The lowest BCUT2D eigenvalue weighted by Gasteiger charge is -2.51. The summed E-state index contributed by atoms with van der Waals surface area (Å²) in [6.45, 7) is 0.180. The Balaban J connectivity index is 0.000000245. The van der Waals surface area contributed by atoms with Gasteiger partial charge < -0.3 is 187 Å². The molecule has 4 aromatic rings. The number of aliphatic hydroxyl groups is 12. The average Bonchev–Trinajstić information content (AvgIpc) is 0.957.